The minimum absolute atomic E-state index is 0.0123. The van der Waals surface area contributed by atoms with Crippen molar-refractivity contribution in [3.8, 4) is 0 Å². The molecule has 1 N–H and O–H groups in total. The number of ether oxygens (including phenoxy) is 2. The normalized spacial score (nSPS) is 22.0. The molecule has 1 amide bonds. The first-order valence-corrected chi connectivity index (χ1v) is 14.1. The summed E-state index contributed by atoms with van der Waals surface area (Å²) in [5.41, 5.74) is -0.251. The topological polar surface area (TPSA) is 94.9 Å². The van der Waals surface area contributed by atoms with Crippen molar-refractivity contribution in [2.24, 2.45) is 0 Å². The number of morpholine rings is 1. The first kappa shape index (κ1) is 28.6. The zero-order chi connectivity index (χ0) is 29.6. The van der Waals surface area contributed by atoms with Crippen molar-refractivity contribution in [1.29, 1.82) is 5.41 Å². The van der Waals surface area contributed by atoms with E-state index in [9.17, 15) is 26.7 Å². The number of aromatic nitrogens is 2. The lowest BCUT2D eigenvalue weighted by Crippen LogP contribution is -2.45. The maximum Gasteiger partial charge on any atom is 0.408 e. The Balaban J connectivity index is 1.33. The summed E-state index contributed by atoms with van der Waals surface area (Å²) in [5, 5.41) is 8.10. The van der Waals surface area contributed by atoms with Crippen LogP contribution in [0.4, 0.5) is 39.1 Å². The van der Waals surface area contributed by atoms with E-state index in [1.54, 1.807) is 12.1 Å². The van der Waals surface area contributed by atoms with Crippen molar-refractivity contribution in [3.63, 3.8) is 0 Å². The summed E-state index contributed by atoms with van der Waals surface area (Å²) in [4.78, 5) is 26.9. The number of likely N-dealkylation sites (tertiary alicyclic amines) is 1. The van der Waals surface area contributed by atoms with E-state index in [0.29, 0.717) is 44.6 Å². The second-order valence-corrected chi connectivity index (χ2v) is 11.1. The van der Waals surface area contributed by atoms with Crippen LogP contribution in [0.5, 0.6) is 0 Å². The van der Waals surface area contributed by atoms with Gasteiger partial charge >= 0.3 is 6.18 Å². The van der Waals surface area contributed by atoms with Gasteiger partial charge in [0, 0.05) is 30.9 Å². The van der Waals surface area contributed by atoms with E-state index < -0.39 is 42.4 Å². The Morgan fingerprint density at radius 1 is 1.05 bits per heavy atom. The van der Waals surface area contributed by atoms with E-state index in [2.05, 4.69) is 14.9 Å². The van der Waals surface area contributed by atoms with Crippen LogP contribution in [0, 0.1) is 5.41 Å². The van der Waals surface area contributed by atoms with E-state index in [-0.39, 0.29) is 42.5 Å². The number of amides is 1. The SMILES string of the molecule is N=C(OCc1nc(C(F)F)c2c(n1)N(c1ccc(N3CCOCC3)cc1)C(=O)C21CCCC1)N1CCC[C@@H]1C(F)(F)F. The number of nitrogens with zero attached hydrogens (tertiary/aromatic N) is 5. The van der Waals surface area contributed by atoms with Gasteiger partial charge < -0.3 is 19.3 Å². The third-order valence-electron chi connectivity index (χ3n) is 8.64. The van der Waals surface area contributed by atoms with Gasteiger partial charge in [0.15, 0.2) is 12.4 Å². The molecule has 3 aliphatic heterocycles. The van der Waals surface area contributed by atoms with Crippen LogP contribution in [0.3, 0.4) is 0 Å². The summed E-state index contributed by atoms with van der Waals surface area (Å²) in [6.07, 6.45) is -5.33. The molecule has 2 saturated heterocycles. The van der Waals surface area contributed by atoms with Crippen LogP contribution in [0.1, 0.15) is 62.0 Å². The lowest BCUT2D eigenvalue weighted by molar-refractivity contribution is -0.169. The highest BCUT2D eigenvalue weighted by Crippen LogP contribution is 2.55. The second kappa shape index (κ2) is 10.9. The molecule has 1 aromatic carbocycles. The number of rotatable bonds is 5. The van der Waals surface area contributed by atoms with Gasteiger partial charge in [0.1, 0.15) is 17.6 Å². The molecule has 9 nitrogen and oxygen atoms in total. The maximum absolute atomic E-state index is 14.5. The third kappa shape index (κ3) is 4.92. The molecule has 1 aromatic heterocycles. The summed E-state index contributed by atoms with van der Waals surface area (Å²) < 4.78 is 80.0. The lowest BCUT2D eigenvalue weighted by atomic mass is 9.79. The van der Waals surface area contributed by atoms with E-state index in [1.807, 2.05) is 12.1 Å². The molecule has 1 aliphatic carbocycles. The Bertz CT molecular complexity index is 1340. The summed E-state index contributed by atoms with van der Waals surface area (Å²) in [6.45, 7) is 2.04. The number of benzene rings is 1. The average Bonchev–Trinajstić information content (AvgIpc) is 3.72. The molecule has 3 fully saturated rings. The van der Waals surface area contributed by atoms with Crippen LogP contribution in [0.15, 0.2) is 24.3 Å². The van der Waals surface area contributed by atoms with Gasteiger partial charge in [-0.15, -0.1) is 0 Å². The van der Waals surface area contributed by atoms with Crippen molar-refractivity contribution in [3.05, 3.63) is 41.3 Å². The zero-order valence-corrected chi connectivity index (χ0v) is 22.8. The maximum atomic E-state index is 14.5. The lowest BCUT2D eigenvalue weighted by Gasteiger charge is -2.29. The number of hydrogen-bond acceptors (Lipinski definition) is 7. The van der Waals surface area contributed by atoms with Crippen LogP contribution in [-0.2, 0) is 26.3 Å². The van der Waals surface area contributed by atoms with Crippen molar-refractivity contribution < 1.29 is 36.2 Å². The van der Waals surface area contributed by atoms with E-state index >= 15 is 0 Å². The van der Waals surface area contributed by atoms with Gasteiger partial charge in [-0.3, -0.25) is 15.1 Å². The summed E-state index contributed by atoms with van der Waals surface area (Å²) in [7, 11) is 0. The Hall–Kier alpha value is -3.55. The van der Waals surface area contributed by atoms with Crippen molar-refractivity contribution >= 4 is 29.1 Å². The van der Waals surface area contributed by atoms with Crippen LogP contribution in [-0.4, -0.2) is 71.9 Å². The number of anilines is 3. The molecule has 42 heavy (non-hydrogen) atoms. The average molecular weight is 595 g/mol. The zero-order valence-electron chi connectivity index (χ0n) is 22.8. The first-order chi connectivity index (χ1) is 20.1. The summed E-state index contributed by atoms with van der Waals surface area (Å²) in [5.74, 6) is -0.554. The van der Waals surface area contributed by atoms with Gasteiger partial charge in [0.2, 0.25) is 5.91 Å². The van der Waals surface area contributed by atoms with Crippen LogP contribution < -0.4 is 9.80 Å². The molecule has 1 spiro atoms. The highest BCUT2D eigenvalue weighted by Gasteiger charge is 2.56. The molecule has 4 aliphatic rings. The molecule has 1 saturated carbocycles. The van der Waals surface area contributed by atoms with E-state index in [0.717, 1.165) is 23.7 Å². The standard InChI is InChI=1S/C28H31F5N6O3/c29-23(30)22-21-24(36-20(35-22)16-42-26(34)38-11-3-4-19(38)28(31,32)33)39(25(40)27(21)9-1-2-10-27)18-7-5-17(6-8-18)37-12-14-41-15-13-37/h5-8,19,23,34H,1-4,9-16H2/t19-/m1/s1. The number of carbonyl (C=O) groups is 1. The summed E-state index contributed by atoms with van der Waals surface area (Å²) in [6, 6.07) is 4.65. The Morgan fingerprint density at radius 2 is 1.71 bits per heavy atom. The van der Waals surface area contributed by atoms with E-state index in [4.69, 9.17) is 14.9 Å². The number of amidine groups is 1. The fourth-order valence-electron chi connectivity index (χ4n) is 6.66. The molecule has 0 radical (unpaired) electrons. The Morgan fingerprint density at radius 3 is 2.36 bits per heavy atom. The number of alkyl halides is 5. The predicted molar refractivity (Wildman–Crippen MR) is 142 cm³/mol. The van der Waals surface area contributed by atoms with Crippen LogP contribution in [0.25, 0.3) is 0 Å². The molecule has 4 heterocycles. The molecule has 226 valence electrons. The first-order valence-electron chi connectivity index (χ1n) is 14.1. The Labute approximate surface area is 239 Å². The molecule has 0 bridgehead atoms. The molecule has 6 rings (SSSR count). The minimum atomic E-state index is -4.53. The van der Waals surface area contributed by atoms with Crippen LogP contribution >= 0.6 is 0 Å². The number of carbonyl (C=O) groups excluding carboxylic acids is 1. The number of fused-ring (bicyclic) bond motifs is 2. The minimum Gasteiger partial charge on any atom is -0.457 e. The summed E-state index contributed by atoms with van der Waals surface area (Å²) >= 11 is 0. The third-order valence-corrected chi connectivity index (χ3v) is 8.64. The number of nitrogens with one attached hydrogen (secondary N) is 1. The molecule has 14 heteroatoms. The molecular formula is C28H31F5N6O3. The van der Waals surface area contributed by atoms with Gasteiger partial charge in [-0.1, -0.05) is 12.8 Å². The molecule has 0 unspecified atom stereocenters. The molecule has 1 atom stereocenters. The monoisotopic (exact) mass is 594 g/mol. The fraction of sp³-hybridized carbons (Fsp3) is 0.571. The van der Waals surface area contributed by atoms with Gasteiger partial charge in [-0.05, 0) is 49.9 Å². The fourth-order valence-corrected chi connectivity index (χ4v) is 6.66. The molecular weight excluding hydrogens is 563 g/mol. The van der Waals surface area contributed by atoms with Crippen LogP contribution in [0.2, 0.25) is 0 Å². The van der Waals surface area contributed by atoms with Crippen molar-refractivity contribution in [2.45, 2.75) is 69.2 Å². The number of hydrogen-bond donors (Lipinski definition) is 1. The second-order valence-electron chi connectivity index (χ2n) is 11.1. The van der Waals surface area contributed by atoms with E-state index in [1.165, 1.54) is 4.90 Å². The highest BCUT2D eigenvalue weighted by atomic mass is 19.4. The van der Waals surface area contributed by atoms with Crippen molar-refractivity contribution in [2.75, 3.05) is 42.6 Å². The largest absolute Gasteiger partial charge is 0.457 e. The number of halogens is 5. The highest BCUT2D eigenvalue weighted by molar-refractivity contribution is 6.12. The van der Waals surface area contributed by atoms with Gasteiger partial charge in [-0.25, -0.2) is 18.7 Å². The Kier molecular flexibility index (Phi) is 7.44. The van der Waals surface area contributed by atoms with Gasteiger partial charge in [-0.2, -0.15) is 13.2 Å². The quantitative estimate of drug-likeness (QED) is 0.288. The molecule has 2 aromatic rings. The van der Waals surface area contributed by atoms with Gasteiger partial charge in [0.05, 0.1) is 24.3 Å². The smallest absolute Gasteiger partial charge is 0.408 e. The predicted octanol–water partition coefficient (Wildman–Crippen LogP) is 5.22. The van der Waals surface area contributed by atoms with Crippen molar-refractivity contribution in [1.82, 2.24) is 14.9 Å². The van der Waals surface area contributed by atoms with Gasteiger partial charge in [0.25, 0.3) is 12.4 Å².